The third kappa shape index (κ3) is 4.00. The quantitative estimate of drug-likeness (QED) is 0.519. The molecule has 0 aliphatic carbocycles. The normalized spacial score (nSPS) is 17.6. The first kappa shape index (κ1) is 19.4. The second-order valence-electron chi connectivity index (χ2n) is 7.15. The van der Waals surface area contributed by atoms with Crippen molar-refractivity contribution in [1.29, 1.82) is 0 Å². The van der Waals surface area contributed by atoms with E-state index in [4.69, 9.17) is 9.47 Å². The van der Waals surface area contributed by atoms with Crippen LogP contribution in [0.25, 0.3) is 5.57 Å². The summed E-state index contributed by atoms with van der Waals surface area (Å²) in [6.45, 7) is 6.44. The van der Waals surface area contributed by atoms with E-state index >= 15 is 0 Å². The van der Waals surface area contributed by atoms with Crippen molar-refractivity contribution in [3.63, 3.8) is 0 Å². The van der Waals surface area contributed by atoms with Crippen molar-refractivity contribution in [2.75, 3.05) is 33.4 Å². The minimum atomic E-state index is -0.240. The van der Waals surface area contributed by atoms with Gasteiger partial charge in [0.15, 0.2) is 0 Å². The third-order valence-corrected chi connectivity index (χ3v) is 4.92. The lowest BCUT2D eigenvalue weighted by atomic mass is 10.0. The highest BCUT2D eigenvalue weighted by atomic mass is 16.5. The topological polar surface area (TPSA) is 59.1 Å². The van der Waals surface area contributed by atoms with Crippen molar-refractivity contribution in [3.05, 3.63) is 35.5 Å². The zero-order chi connectivity index (χ0) is 19.4. The van der Waals surface area contributed by atoms with Crippen LogP contribution in [-0.4, -0.2) is 61.1 Å². The summed E-state index contributed by atoms with van der Waals surface area (Å²) in [6, 6.07) is 7.39. The number of nitrogens with zero attached hydrogens (tertiary/aromatic N) is 2. The van der Waals surface area contributed by atoms with Crippen molar-refractivity contribution in [2.45, 2.75) is 39.2 Å². The number of rotatable bonds is 8. The summed E-state index contributed by atoms with van der Waals surface area (Å²) in [4.78, 5) is 29.8. The van der Waals surface area contributed by atoms with Crippen molar-refractivity contribution >= 4 is 17.4 Å². The lowest BCUT2D eigenvalue weighted by Gasteiger charge is -2.20. The summed E-state index contributed by atoms with van der Waals surface area (Å²) in [7, 11) is 1.58. The maximum Gasteiger partial charge on any atom is 0.277 e. The number of likely N-dealkylation sites (tertiary alicyclic amines) is 1. The van der Waals surface area contributed by atoms with Gasteiger partial charge in [-0.25, -0.2) is 0 Å². The number of carbonyl (C=O) groups is 2. The Bertz CT molecular complexity index is 735. The molecule has 0 aromatic heterocycles. The van der Waals surface area contributed by atoms with E-state index in [2.05, 4.69) is 0 Å². The minimum Gasteiger partial charge on any atom is -0.496 e. The standard InChI is InChI=1S/C21H28N2O4/c1-15(2)27-14-8-13-23-20(24)18(16-9-4-5-10-17(16)26-3)19(21(23)25)22-11-6-7-12-22/h4-5,9-10,15H,6-8,11-14H2,1-3H3. The number of benzene rings is 1. The second kappa shape index (κ2) is 8.57. The number of amides is 2. The van der Waals surface area contributed by atoms with Crippen molar-refractivity contribution < 1.29 is 19.1 Å². The van der Waals surface area contributed by atoms with Gasteiger partial charge in [0.1, 0.15) is 11.4 Å². The van der Waals surface area contributed by atoms with Gasteiger partial charge in [0, 0.05) is 31.8 Å². The first-order valence-corrected chi connectivity index (χ1v) is 9.65. The van der Waals surface area contributed by atoms with Crippen molar-refractivity contribution in [3.8, 4) is 5.75 Å². The number of imide groups is 1. The van der Waals surface area contributed by atoms with E-state index in [1.807, 2.05) is 43.0 Å². The fourth-order valence-electron chi connectivity index (χ4n) is 3.64. The SMILES string of the molecule is COc1ccccc1C1=C(N2CCCC2)C(=O)N(CCCOC(C)C)C1=O. The van der Waals surface area contributed by atoms with Crippen LogP contribution in [0.2, 0.25) is 0 Å². The van der Waals surface area contributed by atoms with E-state index in [0.717, 1.165) is 25.9 Å². The van der Waals surface area contributed by atoms with Crippen LogP contribution < -0.4 is 4.74 Å². The summed E-state index contributed by atoms with van der Waals surface area (Å²) < 4.78 is 11.0. The van der Waals surface area contributed by atoms with E-state index in [1.54, 1.807) is 7.11 Å². The van der Waals surface area contributed by atoms with Crippen LogP contribution in [0.4, 0.5) is 0 Å². The Kier molecular flexibility index (Phi) is 6.16. The molecular weight excluding hydrogens is 344 g/mol. The van der Waals surface area contributed by atoms with Gasteiger partial charge in [-0.1, -0.05) is 18.2 Å². The van der Waals surface area contributed by atoms with Crippen LogP contribution in [0.5, 0.6) is 5.75 Å². The van der Waals surface area contributed by atoms with Gasteiger partial charge < -0.3 is 14.4 Å². The molecule has 0 saturated carbocycles. The molecule has 1 saturated heterocycles. The molecule has 2 aliphatic rings. The van der Waals surface area contributed by atoms with Gasteiger partial charge >= 0.3 is 0 Å². The summed E-state index contributed by atoms with van der Waals surface area (Å²) >= 11 is 0. The lowest BCUT2D eigenvalue weighted by molar-refractivity contribution is -0.137. The smallest absolute Gasteiger partial charge is 0.277 e. The van der Waals surface area contributed by atoms with Gasteiger partial charge in [-0.2, -0.15) is 0 Å². The lowest BCUT2D eigenvalue weighted by Crippen LogP contribution is -2.35. The second-order valence-corrected chi connectivity index (χ2v) is 7.15. The average Bonchev–Trinajstić information content (AvgIpc) is 3.26. The predicted molar refractivity (Wildman–Crippen MR) is 103 cm³/mol. The van der Waals surface area contributed by atoms with E-state index in [0.29, 0.717) is 42.2 Å². The molecule has 1 aromatic carbocycles. The number of ether oxygens (including phenoxy) is 2. The van der Waals surface area contributed by atoms with Gasteiger partial charge in [0.05, 0.1) is 18.8 Å². The molecule has 6 heteroatoms. The van der Waals surface area contributed by atoms with Gasteiger partial charge in [0.2, 0.25) is 0 Å². The molecular formula is C21H28N2O4. The summed E-state index contributed by atoms with van der Waals surface area (Å²) in [6.07, 6.45) is 2.83. The van der Waals surface area contributed by atoms with Crippen LogP contribution >= 0.6 is 0 Å². The van der Waals surface area contributed by atoms with Gasteiger partial charge in [-0.3, -0.25) is 14.5 Å². The van der Waals surface area contributed by atoms with Crippen molar-refractivity contribution in [2.24, 2.45) is 0 Å². The highest BCUT2D eigenvalue weighted by Crippen LogP contribution is 2.37. The van der Waals surface area contributed by atoms with Crippen LogP contribution in [0.1, 0.15) is 38.7 Å². The zero-order valence-electron chi connectivity index (χ0n) is 16.4. The average molecular weight is 372 g/mol. The molecule has 146 valence electrons. The number of hydrogen-bond acceptors (Lipinski definition) is 5. The summed E-state index contributed by atoms with van der Waals surface area (Å²) in [5.74, 6) is 0.165. The van der Waals surface area contributed by atoms with E-state index < -0.39 is 0 Å². The molecule has 2 heterocycles. The molecule has 0 spiro atoms. The monoisotopic (exact) mass is 372 g/mol. The molecule has 27 heavy (non-hydrogen) atoms. The minimum absolute atomic E-state index is 0.136. The zero-order valence-corrected chi connectivity index (χ0v) is 16.4. The Morgan fingerprint density at radius 1 is 1.07 bits per heavy atom. The van der Waals surface area contributed by atoms with Gasteiger partial charge in [-0.15, -0.1) is 0 Å². The van der Waals surface area contributed by atoms with Crippen molar-refractivity contribution in [1.82, 2.24) is 9.80 Å². The number of methoxy groups -OCH3 is 1. The van der Waals surface area contributed by atoms with Gasteiger partial charge in [-0.05, 0) is 39.2 Å². The van der Waals surface area contributed by atoms with Crippen LogP contribution in [0.15, 0.2) is 30.0 Å². The first-order valence-electron chi connectivity index (χ1n) is 9.65. The fraction of sp³-hybridized carbons (Fsp3) is 0.524. The van der Waals surface area contributed by atoms with Gasteiger partial charge in [0.25, 0.3) is 11.8 Å². The van der Waals surface area contributed by atoms with Crippen LogP contribution in [0, 0.1) is 0 Å². The molecule has 6 nitrogen and oxygen atoms in total. The van der Waals surface area contributed by atoms with E-state index in [1.165, 1.54) is 4.90 Å². The molecule has 3 rings (SSSR count). The first-order chi connectivity index (χ1) is 13.0. The summed E-state index contributed by atoms with van der Waals surface area (Å²) in [5.41, 5.74) is 1.66. The predicted octanol–water partition coefficient (Wildman–Crippen LogP) is 2.69. The Morgan fingerprint density at radius 3 is 2.44 bits per heavy atom. The largest absolute Gasteiger partial charge is 0.496 e. The maximum absolute atomic E-state index is 13.2. The highest BCUT2D eigenvalue weighted by Gasteiger charge is 2.42. The molecule has 1 fully saturated rings. The Balaban J connectivity index is 1.90. The van der Waals surface area contributed by atoms with Crippen LogP contribution in [0.3, 0.4) is 0 Å². The molecule has 0 N–H and O–H groups in total. The summed E-state index contributed by atoms with van der Waals surface area (Å²) in [5, 5.41) is 0. The molecule has 2 aliphatic heterocycles. The number of para-hydroxylation sites is 1. The number of hydrogen-bond donors (Lipinski definition) is 0. The Labute approximate surface area is 160 Å². The van der Waals surface area contributed by atoms with E-state index in [9.17, 15) is 9.59 Å². The number of carbonyl (C=O) groups excluding carboxylic acids is 2. The Morgan fingerprint density at radius 2 is 1.78 bits per heavy atom. The highest BCUT2D eigenvalue weighted by molar-refractivity contribution is 6.36. The van der Waals surface area contributed by atoms with E-state index in [-0.39, 0.29) is 17.9 Å². The fourth-order valence-corrected chi connectivity index (χ4v) is 3.64. The molecule has 0 radical (unpaired) electrons. The molecule has 0 unspecified atom stereocenters. The maximum atomic E-state index is 13.2. The molecule has 1 aromatic rings. The van der Waals surface area contributed by atoms with Crippen LogP contribution in [-0.2, 0) is 14.3 Å². The molecule has 0 bridgehead atoms. The third-order valence-electron chi connectivity index (χ3n) is 4.92. The molecule has 2 amide bonds. The molecule has 0 atom stereocenters. The Hall–Kier alpha value is -2.34.